The molecule has 0 aliphatic rings. The summed E-state index contributed by atoms with van der Waals surface area (Å²) in [5.74, 6) is -0.540. The van der Waals surface area contributed by atoms with E-state index >= 15 is 0 Å². The van der Waals surface area contributed by atoms with E-state index in [1.54, 1.807) is 41.0 Å². The van der Waals surface area contributed by atoms with Gasteiger partial charge >= 0.3 is 0 Å². The predicted molar refractivity (Wildman–Crippen MR) is 101 cm³/mol. The van der Waals surface area contributed by atoms with Crippen molar-refractivity contribution in [3.05, 3.63) is 69.6 Å². The second kappa shape index (κ2) is 6.92. The Labute approximate surface area is 150 Å². The molecule has 0 bridgehead atoms. The first kappa shape index (κ1) is 17.5. The third kappa shape index (κ3) is 3.26. The zero-order chi connectivity index (χ0) is 18.8. The van der Waals surface area contributed by atoms with Gasteiger partial charge in [-0.05, 0) is 57.2 Å². The van der Waals surface area contributed by atoms with Crippen molar-refractivity contribution in [2.24, 2.45) is 0 Å². The van der Waals surface area contributed by atoms with Crippen LogP contribution < -0.4 is 10.7 Å². The van der Waals surface area contributed by atoms with Crippen molar-refractivity contribution in [2.45, 2.75) is 27.3 Å². The molecular weight excluding hydrogens is 330 g/mol. The highest BCUT2D eigenvalue weighted by Gasteiger charge is 2.16. The van der Waals surface area contributed by atoms with E-state index in [1.165, 1.54) is 13.1 Å². The molecule has 1 amide bonds. The number of aryl methyl sites for hydroxylation is 2. The van der Waals surface area contributed by atoms with Gasteiger partial charge in [0.2, 0.25) is 5.43 Å². The number of aromatic nitrogens is 2. The summed E-state index contributed by atoms with van der Waals surface area (Å²) >= 11 is 0. The largest absolute Gasteiger partial charge is 0.332 e. The molecule has 2 heterocycles. The average Bonchev–Trinajstić information content (AvgIpc) is 2.62. The number of carbonyl (C=O) groups is 2. The molecule has 3 aromatic rings. The van der Waals surface area contributed by atoms with E-state index in [2.05, 4.69) is 10.3 Å². The number of rotatable bonds is 4. The lowest BCUT2D eigenvalue weighted by molar-refractivity contribution is 0.101. The molecule has 26 heavy (non-hydrogen) atoms. The van der Waals surface area contributed by atoms with Crippen molar-refractivity contribution < 1.29 is 9.59 Å². The van der Waals surface area contributed by atoms with Gasteiger partial charge in [-0.1, -0.05) is 0 Å². The zero-order valence-electron chi connectivity index (χ0n) is 14.9. The number of fused-ring (bicyclic) bond motifs is 1. The van der Waals surface area contributed by atoms with Gasteiger partial charge < -0.3 is 9.88 Å². The second-order valence-electron chi connectivity index (χ2n) is 6.07. The number of benzene rings is 1. The number of hydrogen-bond donors (Lipinski definition) is 1. The van der Waals surface area contributed by atoms with Crippen molar-refractivity contribution in [1.82, 2.24) is 9.55 Å². The minimum Gasteiger partial charge on any atom is -0.332 e. The van der Waals surface area contributed by atoms with Crippen LogP contribution in [0.15, 0.2) is 47.4 Å². The number of ketones is 1. The molecule has 0 spiro atoms. The lowest BCUT2D eigenvalue weighted by Crippen LogP contribution is -2.24. The average molecular weight is 349 g/mol. The van der Waals surface area contributed by atoms with Crippen LogP contribution in [0.4, 0.5) is 5.69 Å². The van der Waals surface area contributed by atoms with E-state index in [0.717, 1.165) is 5.69 Å². The maximum absolute atomic E-state index is 12.7. The van der Waals surface area contributed by atoms with Crippen molar-refractivity contribution in [2.75, 3.05) is 5.32 Å². The minimum atomic E-state index is -0.491. The summed E-state index contributed by atoms with van der Waals surface area (Å²) in [4.78, 5) is 41.1. The molecule has 0 fully saturated rings. The van der Waals surface area contributed by atoms with Gasteiger partial charge in [-0.15, -0.1) is 0 Å². The quantitative estimate of drug-likeness (QED) is 0.734. The van der Waals surface area contributed by atoms with Crippen LogP contribution in [0.2, 0.25) is 0 Å². The van der Waals surface area contributed by atoms with Crippen molar-refractivity contribution in [3.8, 4) is 0 Å². The topological polar surface area (TPSA) is 81.1 Å². The summed E-state index contributed by atoms with van der Waals surface area (Å²) in [5.41, 5.74) is 2.16. The molecule has 132 valence electrons. The molecule has 1 N–H and O–H groups in total. The maximum Gasteiger partial charge on any atom is 0.261 e. The van der Waals surface area contributed by atoms with Crippen LogP contribution in [0.5, 0.6) is 0 Å². The Morgan fingerprint density at radius 1 is 1.12 bits per heavy atom. The Hall–Kier alpha value is -3.28. The maximum atomic E-state index is 12.7. The molecule has 6 nitrogen and oxygen atoms in total. The van der Waals surface area contributed by atoms with Gasteiger partial charge in [0.25, 0.3) is 5.91 Å². The Morgan fingerprint density at radius 2 is 1.81 bits per heavy atom. The lowest BCUT2D eigenvalue weighted by Gasteiger charge is -2.11. The van der Waals surface area contributed by atoms with Crippen molar-refractivity contribution in [1.29, 1.82) is 0 Å². The number of nitrogens with zero attached hydrogens (tertiary/aromatic N) is 2. The Kier molecular flexibility index (Phi) is 4.67. The standard InChI is InChI=1S/C20H19N3O3/c1-4-23-11-17(18(25)16-10-5-12(2)21-19(16)23)20(26)22-15-8-6-14(7-9-15)13(3)24/h5-11H,4H2,1-3H3,(H,22,26). The highest BCUT2D eigenvalue weighted by atomic mass is 16.2. The van der Waals surface area contributed by atoms with Gasteiger partial charge in [0.15, 0.2) is 5.78 Å². The third-order valence-electron chi connectivity index (χ3n) is 4.20. The molecule has 0 unspecified atom stereocenters. The monoisotopic (exact) mass is 349 g/mol. The summed E-state index contributed by atoms with van der Waals surface area (Å²) in [5, 5.41) is 3.12. The fourth-order valence-corrected chi connectivity index (χ4v) is 2.75. The minimum absolute atomic E-state index is 0.0500. The molecule has 0 atom stereocenters. The highest BCUT2D eigenvalue weighted by Crippen LogP contribution is 2.14. The van der Waals surface area contributed by atoms with Crippen molar-refractivity contribution >= 4 is 28.4 Å². The van der Waals surface area contributed by atoms with E-state index in [0.29, 0.717) is 28.8 Å². The summed E-state index contributed by atoms with van der Waals surface area (Å²) in [6, 6.07) is 10.00. The highest BCUT2D eigenvalue weighted by molar-refractivity contribution is 6.05. The summed E-state index contributed by atoms with van der Waals surface area (Å²) < 4.78 is 1.79. The first-order valence-electron chi connectivity index (χ1n) is 8.34. The van der Waals surface area contributed by atoms with Gasteiger partial charge in [0, 0.05) is 29.7 Å². The van der Waals surface area contributed by atoms with Gasteiger partial charge in [-0.3, -0.25) is 14.4 Å². The van der Waals surface area contributed by atoms with Gasteiger partial charge in [0.1, 0.15) is 11.2 Å². The summed E-state index contributed by atoms with van der Waals surface area (Å²) in [7, 11) is 0. The smallest absolute Gasteiger partial charge is 0.261 e. The van der Waals surface area contributed by atoms with E-state index in [-0.39, 0.29) is 16.8 Å². The molecular formula is C20H19N3O3. The molecule has 0 aliphatic carbocycles. The van der Waals surface area contributed by atoms with Gasteiger partial charge in [0.05, 0.1) is 5.39 Å². The van der Waals surface area contributed by atoms with E-state index in [9.17, 15) is 14.4 Å². The van der Waals surface area contributed by atoms with E-state index < -0.39 is 5.91 Å². The van der Waals surface area contributed by atoms with Gasteiger partial charge in [-0.2, -0.15) is 0 Å². The molecule has 6 heteroatoms. The molecule has 0 saturated carbocycles. The first-order chi connectivity index (χ1) is 12.4. The Balaban J connectivity index is 2.00. The fraction of sp³-hybridized carbons (Fsp3) is 0.200. The van der Waals surface area contributed by atoms with Crippen LogP contribution in [0.1, 0.15) is 40.3 Å². The molecule has 0 radical (unpaired) electrons. The van der Waals surface area contributed by atoms with E-state index in [1.807, 2.05) is 13.8 Å². The number of carbonyl (C=O) groups excluding carboxylic acids is 2. The fourth-order valence-electron chi connectivity index (χ4n) is 2.75. The van der Waals surface area contributed by atoms with E-state index in [4.69, 9.17) is 0 Å². The van der Waals surface area contributed by atoms with Crippen LogP contribution in [-0.2, 0) is 6.54 Å². The van der Waals surface area contributed by atoms with Crippen LogP contribution >= 0.6 is 0 Å². The molecule has 3 rings (SSSR count). The normalized spacial score (nSPS) is 10.7. The lowest BCUT2D eigenvalue weighted by atomic mass is 10.1. The zero-order valence-corrected chi connectivity index (χ0v) is 14.9. The number of Topliss-reactive ketones (excluding diaryl/α,β-unsaturated/α-hetero) is 1. The van der Waals surface area contributed by atoms with Gasteiger partial charge in [-0.25, -0.2) is 4.98 Å². The Bertz CT molecular complexity index is 1070. The number of nitrogens with one attached hydrogen (secondary N) is 1. The van der Waals surface area contributed by atoms with Crippen molar-refractivity contribution in [3.63, 3.8) is 0 Å². The first-order valence-corrected chi connectivity index (χ1v) is 8.34. The van der Waals surface area contributed by atoms with Crippen LogP contribution in [0, 0.1) is 6.92 Å². The number of pyridine rings is 2. The second-order valence-corrected chi connectivity index (χ2v) is 6.07. The number of anilines is 1. The summed E-state index contributed by atoms with van der Waals surface area (Å²) in [6.45, 7) is 5.85. The molecule has 0 aliphatic heterocycles. The summed E-state index contributed by atoms with van der Waals surface area (Å²) in [6.07, 6.45) is 1.54. The third-order valence-corrected chi connectivity index (χ3v) is 4.20. The van der Waals surface area contributed by atoms with Crippen LogP contribution in [0.25, 0.3) is 11.0 Å². The molecule has 1 aromatic carbocycles. The SMILES string of the molecule is CCn1cc(C(=O)Nc2ccc(C(C)=O)cc2)c(=O)c2ccc(C)nc21. The predicted octanol–water partition coefficient (Wildman–Crippen LogP) is 3.18. The van der Waals surface area contributed by atoms with Crippen LogP contribution in [-0.4, -0.2) is 21.2 Å². The molecule has 2 aromatic heterocycles. The van der Waals surface area contributed by atoms with Crippen LogP contribution in [0.3, 0.4) is 0 Å². The number of amides is 1. The molecule has 0 saturated heterocycles. The Morgan fingerprint density at radius 3 is 2.42 bits per heavy atom. The number of hydrogen-bond acceptors (Lipinski definition) is 4.